The van der Waals surface area contributed by atoms with Crippen LogP contribution in [-0.2, 0) is 4.79 Å². The number of allylic oxidation sites excluding steroid dienone is 2. The second-order valence-electron chi connectivity index (χ2n) is 7.37. The molecule has 3 nitrogen and oxygen atoms in total. The Morgan fingerprint density at radius 1 is 0.655 bits per heavy atom. The van der Waals surface area contributed by atoms with E-state index in [1.807, 2.05) is 54.6 Å². The minimum atomic E-state index is 0.0540. The van der Waals surface area contributed by atoms with Gasteiger partial charge >= 0.3 is 0 Å². The highest BCUT2D eigenvalue weighted by Crippen LogP contribution is 2.38. The van der Waals surface area contributed by atoms with Crippen LogP contribution in [0.25, 0.3) is 12.2 Å². The second-order valence-corrected chi connectivity index (χ2v) is 7.37. The lowest BCUT2D eigenvalue weighted by atomic mass is 9.77. The van der Waals surface area contributed by atoms with Crippen LogP contribution in [0.5, 0.6) is 11.5 Å². The van der Waals surface area contributed by atoms with E-state index in [1.54, 1.807) is 24.3 Å². The average Bonchev–Trinajstić information content (AvgIpc) is 2.74. The molecule has 1 fully saturated rings. The number of benzene rings is 3. The van der Waals surface area contributed by atoms with Gasteiger partial charge in [0, 0.05) is 11.1 Å². The lowest BCUT2D eigenvalue weighted by Gasteiger charge is -2.26. The minimum absolute atomic E-state index is 0.0540. The minimum Gasteiger partial charge on any atom is -0.508 e. The van der Waals surface area contributed by atoms with Crippen LogP contribution >= 0.6 is 0 Å². The van der Waals surface area contributed by atoms with E-state index >= 15 is 0 Å². The number of rotatable bonds is 3. The normalized spacial score (nSPS) is 19.6. The predicted octanol–water partition coefficient (Wildman–Crippen LogP) is 5.71. The Hall–Kier alpha value is -3.59. The molecule has 0 heterocycles. The molecule has 0 radical (unpaired) electrons. The second kappa shape index (κ2) is 8.19. The number of phenols is 2. The van der Waals surface area contributed by atoms with Gasteiger partial charge in [-0.15, -0.1) is 0 Å². The third-order valence-electron chi connectivity index (χ3n) is 5.25. The summed E-state index contributed by atoms with van der Waals surface area (Å²) < 4.78 is 0. The summed E-state index contributed by atoms with van der Waals surface area (Å²) in [5.41, 5.74) is 4.53. The number of hydrogen-bond donors (Lipinski definition) is 2. The molecular formula is C26H22O3. The van der Waals surface area contributed by atoms with Crippen molar-refractivity contribution in [3.8, 4) is 11.5 Å². The van der Waals surface area contributed by atoms with Crippen LogP contribution in [0.4, 0.5) is 0 Å². The Morgan fingerprint density at radius 3 is 1.55 bits per heavy atom. The first-order valence-corrected chi connectivity index (χ1v) is 9.67. The Labute approximate surface area is 170 Å². The largest absolute Gasteiger partial charge is 0.508 e. The maximum atomic E-state index is 13.2. The lowest BCUT2D eigenvalue weighted by molar-refractivity contribution is -0.113. The first-order chi connectivity index (χ1) is 14.1. The van der Waals surface area contributed by atoms with Crippen LogP contribution in [0.2, 0.25) is 0 Å². The molecule has 0 unspecified atom stereocenters. The van der Waals surface area contributed by atoms with Gasteiger partial charge in [-0.25, -0.2) is 0 Å². The summed E-state index contributed by atoms with van der Waals surface area (Å²) in [5.74, 6) is 0.688. The molecule has 1 aliphatic carbocycles. The third-order valence-corrected chi connectivity index (χ3v) is 5.25. The molecule has 0 atom stereocenters. The maximum Gasteiger partial charge on any atom is 0.185 e. The standard InChI is InChI=1S/C26H22O3/c27-24-10-6-18(7-11-24)14-22-16-21(20-4-2-1-3-5-20)17-23(26(22)29)15-19-8-12-25(28)13-9-19/h1-15,21,27-28H,16-17H2. The van der Waals surface area contributed by atoms with E-state index in [0.29, 0.717) is 12.8 Å². The summed E-state index contributed by atoms with van der Waals surface area (Å²) in [4.78, 5) is 13.2. The van der Waals surface area contributed by atoms with Crippen LogP contribution in [0.1, 0.15) is 35.4 Å². The Bertz CT molecular complexity index is 992. The fourth-order valence-electron chi connectivity index (χ4n) is 3.75. The van der Waals surface area contributed by atoms with Gasteiger partial charge < -0.3 is 10.2 Å². The first kappa shape index (κ1) is 18.8. The van der Waals surface area contributed by atoms with Crippen molar-refractivity contribution in [3.05, 3.63) is 107 Å². The highest BCUT2D eigenvalue weighted by atomic mass is 16.3. The zero-order valence-electron chi connectivity index (χ0n) is 16.0. The van der Waals surface area contributed by atoms with Gasteiger partial charge in [-0.2, -0.15) is 0 Å². The summed E-state index contributed by atoms with van der Waals surface area (Å²) in [5, 5.41) is 19.0. The topological polar surface area (TPSA) is 57.5 Å². The van der Waals surface area contributed by atoms with Crippen LogP contribution in [0.15, 0.2) is 90.0 Å². The summed E-state index contributed by atoms with van der Waals surface area (Å²) in [6, 6.07) is 24.0. The molecule has 0 aliphatic heterocycles. The van der Waals surface area contributed by atoms with Gasteiger partial charge in [-0.05, 0) is 71.9 Å². The molecule has 1 saturated carbocycles. The fraction of sp³-hybridized carbons (Fsp3) is 0.115. The zero-order valence-corrected chi connectivity index (χ0v) is 16.0. The Balaban J connectivity index is 1.73. The highest BCUT2D eigenvalue weighted by molar-refractivity contribution is 6.14. The van der Waals surface area contributed by atoms with Gasteiger partial charge in [0.1, 0.15) is 11.5 Å². The van der Waals surface area contributed by atoms with Gasteiger partial charge in [0.25, 0.3) is 0 Å². The molecule has 0 bridgehead atoms. The monoisotopic (exact) mass is 382 g/mol. The van der Waals surface area contributed by atoms with Crippen molar-refractivity contribution in [2.75, 3.05) is 0 Å². The van der Waals surface area contributed by atoms with Crippen molar-refractivity contribution in [3.63, 3.8) is 0 Å². The molecule has 2 N–H and O–H groups in total. The van der Waals surface area contributed by atoms with Crippen molar-refractivity contribution in [1.82, 2.24) is 0 Å². The summed E-state index contributed by atoms with van der Waals surface area (Å²) in [6.45, 7) is 0. The van der Waals surface area contributed by atoms with Crippen molar-refractivity contribution in [2.24, 2.45) is 0 Å². The zero-order chi connectivity index (χ0) is 20.2. The van der Waals surface area contributed by atoms with Crippen molar-refractivity contribution < 1.29 is 15.0 Å². The van der Waals surface area contributed by atoms with Crippen molar-refractivity contribution in [2.45, 2.75) is 18.8 Å². The number of carbonyl (C=O) groups excluding carboxylic acids is 1. The number of carbonyl (C=O) groups is 1. The molecule has 4 rings (SSSR count). The third kappa shape index (κ3) is 4.46. The SMILES string of the molecule is O=C1C(=Cc2ccc(O)cc2)CC(c2ccccc2)CC1=Cc1ccc(O)cc1. The Morgan fingerprint density at radius 2 is 1.10 bits per heavy atom. The van der Waals surface area contributed by atoms with E-state index in [0.717, 1.165) is 22.3 Å². The van der Waals surface area contributed by atoms with E-state index in [-0.39, 0.29) is 23.2 Å². The smallest absolute Gasteiger partial charge is 0.185 e. The summed E-state index contributed by atoms with van der Waals surface area (Å²) in [6.07, 6.45) is 5.19. The van der Waals surface area contributed by atoms with E-state index < -0.39 is 0 Å². The quantitative estimate of drug-likeness (QED) is 0.570. The lowest BCUT2D eigenvalue weighted by Crippen LogP contribution is -2.19. The molecular weight excluding hydrogens is 360 g/mol. The number of ketones is 1. The van der Waals surface area contributed by atoms with Gasteiger partial charge in [-0.1, -0.05) is 54.6 Å². The first-order valence-electron chi connectivity index (χ1n) is 9.67. The highest BCUT2D eigenvalue weighted by Gasteiger charge is 2.28. The molecule has 0 saturated heterocycles. The number of phenolic OH excluding ortho intramolecular Hbond substituents is 2. The number of Topliss-reactive ketones (excluding diaryl/α,β-unsaturated/α-hetero) is 1. The van der Waals surface area contributed by atoms with E-state index in [9.17, 15) is 15.0 Å². The number of hydrogen-bond acceptors (Lipinski definition) is 3. The van der Waals surface area contributed by atoms with Crippen LogP contribution in [0, 0.1) is 0 Å². The Kier molecular flexibility index (Phi) is 5.30. The van der Waals surface area contributed by atoms with Crippen LogP contribution < -0.4 is 0 Å². The molecule has 3 aromatic carbocycles. The predicted molar refractivity (Wildman–Crippen MR) is 116 cm³/mol. The molecule has 0 amide bonds. The van der Waals surface area contributed by atoms with E-state index in [2.05, 4.69) is 12.1 Å². The molecule has 144 valence electrons. The van der Waals surface area contributed by atoms with E-state index in [1.165, 1.54) is 5.56 Å². The average molecular weight is 382 g/mol. The van der Waals surface area contributed by atoms with Gasteiger partial charge in [0.2, 0.25) is 0 Å². The van der Waals surface area contributed by atoms with Crippen molar-refractivity contribution in [1.29, 1.82) is 0 Å². The summed E-state index contributed by atoms with van der Waals surface area (Å²) in [7, 11) is 0. The molecule has 0 spiro atoms. The fourth-order valence-corrected chi connectivity index (χ4v) is 3.75. The molecule has 3 heteroatoms. The maximum absolute atomic E-state index is 13.2. The molecule has 29 heavy (non-hydrogen) atoms. The van der Waals surface area contributed by atoms with Gasteiger partial charge in [0.05, 0.1) is 0 Å². The number of aromatic hydroxyl groups is 2. The van der Waals surface area contributed by atoms with Crippen LogP contribution in [0.3, 0.4) is 0 Å². The van der Waals surface area contributed by atoms with Gasteiger partial charge in [-0.3, -0.25) is 4.79 Å². The van der Waals surface area contributed by atoms with Gasteiger partial charge in [0.15, 0.2) is 5.78 Å². The molecule has 1 aliphatic rings. The van der Waals surface area contributed by atoms with E-state index in [4.69, 9.17) is 0 Å². The van der Waals surface area contributed by atoms with Crippen LogP contribution in [-0.4, -0.2) is 16.0 Å². The molecule has 3 aromatic rings. The van der Waals surface area contributed by atoms with Crippen molar-refractivity contribution >= 4 is 17.9 Å². The molecule has 0 aromatic heterocycles. The summed E-state index contributed by atoms with van der Waals surface area (Å²) >= 11 is 0.